The van der Waals surface area contributed by atoms with Gasteiger partial charge in [0.2, 0.25) is 6.43 Å². The van der Waals surface area contributed by atoms with E-state index in [1.54, 1.807) is 20.8 Å². The van der Waals surface area contributed by atoms with Crippen molar-refractivity contribution in [2.45, 2.75) is 64.5 Å². The van der Waals surface area contributed by atoms with E-state index >= 15 is 0 Å². The van der Waals surface area contributed by atoms with Crippen molar-refractivity contribution in [2.75, 3.05) is 6.54 Å². The van der Waals surface area contributed by atoms with Crippen molar-refractivity contribution in [3.8, 4) is 0 Å². The highest BCUT2D eigenvalue weighted by molar-refractivity contribution is 5.70. The van der Waals surface area contributed by atoms with Gasteiger partial charge in [0, 0.05) is 12.6 Å². The molecule has 0 aliphatic carbocycles. The van der Waals surface area contributed by atoms with Gasteiger partial charge in [-0.1, -0.05) is 0 Å². The Morgan fingerprint density at radius 2 is 1.95 bits per heavy atom. The van der Waals surface area contributed by atoms with E-state index in [2.05, 4.69) is 0 Å². The molecule has 1 aliphatic rings. The van der Waals surface area contributed by atoms with E-state index in [0.717, 1.165) is 0 Å². The zero-order valence-electron chi connectivity index (χ0n) is 12.6. The topological polar surface area (TPSA) is 66.8 Å². The molecule has 0 bridgehead atoms. The number of alkyl halides is 2. The van der Waals surface area contributed by atoms with Crippen LogP contribution in [0.15, 0.2) is 0 Å². The van der Waals surface area contributed by atoms with Gasteiger partial charge in [0.15, 0.2) is 0 Å². The number of rotatable bonds is 4. The lowest BCUT2D eigenvalue weighted by molar-refractivity contribution is -0.141. The van der Waals surface area contributed by atoms with Gasteiger partial charge in [0.1, 0.15) is 5.60 Å². The number of aliphatic carboxylic acids is 1. The fourth-order valence-electron chi connectivity index (χ4n) is 2.54. The van der Waals surface area contributed by atoms with Gasteiger partial charge in [-0.2, -0.15) is 0 Å². The van der Waals surface area contributed by atoms with Crippen LogP contribution in [0.4, 0.5) is 13.6 Å². The third kappa shape index (κ3) is 5.47. The molecule has 0 saturated carbocycles. The Morgan fingerprint density at radius 1 is 1.33 bits per heavy atom. The van der Waals surface area contributed by atoms with Gasteiger partial charge in [-0.15, -0.1) is 0 Å². The summed E-state index contributed by atoms with van der Waals surface area (Å²) in [5.74, 6) is -2.65. The summed E-state index contributed by atoms with van der Waals surface area (Å²) in [6.45, 7) is 5.42. The molecule has 0 spiro atoms. The van der Waals surface area contributed by atoms with E-state index in [4.69, 9.17) is 9.84 Å². The fourth-order valence-corrected chi connectivity index (χ4v) is 2.54. The van der Waals surface area contributed by atoms with Crippen molar-refractivity contribution in [3.63, 3.8) is 0 Å². The van der Waals surface area contributed by atoms with Crippen LogP contribution in [0.2, 0.25) is 0 Å². The maximum absolute atomic E-state index is 13.2. The van der Waals surface area contributed by atoms with Crippen LogP contribution in [0.1, 0.15) is 46.5 Å². The van der Waals surface area contributed by atoms with Gasteiger partial charge in [-0.05, 0) is 40.0 Å². The Morgan fingerprint density at radius 3 is 2.43 bits per heavy atom. The molecule has 7 heteroatoms. The standard InChI is InChI=1S/C14H23F2NO4/c1-14(2,3)21-13(20)17-7-5-4-6-10(17)9(12(15)16)8-11(18)19/h9-10,12H,4-8H2,1-3H3,(H,18,19). The monoisotopic (exact) mass is 307 g/mol. The lowest BCUT2D eigenvalue weighted by Crippen LogP contribution is -2.51. The summed E-state index contributed by atoms with van der Waals surface area (Å²) in [6.07, 6.45) is -2.30. The number of ether oxygens (including phenoxy) is 1. The molecule has 5 nitrogen and oxygen atoms in total. The van der Waals surface area contributed by atoms with E-state index in [9.17, 15) is 18.4 Å². The van der Waals surface area contributed by atoms with Crippen molar-refractivity contribution in [1.82, 2.24) is 4.90 Å². The van der Waals surface area contributed by atoms with Crippen LogP contribution in [-0.2, 0) is 9.53 Å². The van der Waals surface area contributed by atoms with Crippen molar-refractivity contribution >= 4 is 12.1 Å². The Kier molecular flexibility index (Phi) is 5.92. The number of carbonyl (C=O) groups excluding carboxylic acids is 1. The normalized spacial score (nSPS) is 21.2. The molecule has 1 saturated heterocycles. The van der Waals surface area contributed by atoms with Crippen LogP contribution in [-0.4, -0.2) is 46.7 Å². The number of nitrogens with zero attached hydrogens (tertiary/aromatic N) is 1. The van der Waals surface area contributed by atoms with Gasteiger partial charge in [-0.3, -0.25) is 4.79 Å². The predicted octanol–water partition coefficient (Wildman–Crippen LogP) is 3.13. The Hall–Kier alpha value is -1.40. The average molecular weight is 307 g/mol. The highest BCUT2D eigenvalue weighted by Crippen LogP contribution is 2.31. The molecule has 1 aliphatic heterocycles. The molecule has 2 atom stereocenters. The molecule has 1 amide bonds. The molecule has 0 aromatic rings. The van der Waals surface area contributed by atoms with Gasteiger partial charge < -0.3 is 14.7 Å². The minimum absolute atomic E-state index is 0.322. The molecule has 0 aromatic carbocycles. The largest absolute Gasteiger partial charge is 0.481 e. The molecular weight excluding hydrogens is 284 g/mol. The number of carbonyl (C=O) groups is 2. The third-order valence-corrected chi connectivity index (χ3v) is 3.41. The van der Waals surface area contributed by atoms with Crippen molar-refractivity contribution in [1.29, 1.82) is 0 Å². The van der Waals surface area contributed by atoms with E-state index in [1.165, 1.54) is 4.90 Å². The summed E-state index contributed by atoms with van der Waals surface area (Å²) in [4.78, 5) is 24.2. The van der Waals surface area contributed by atoms with Crippen LogP contribution < -0.4 is 0 Å². The molecular formula is C14H23F2NO4. The molecule has 2 unspecified atom stereocenters. The summed E-state index contributed by atoms with van der Waals surface area (Å²) in [7, 11) is 0. The number of piperidine rings is 1. The minimum atomic E-state index is -2.78. The van der Waals surface area contributed by atoms with Crippen molar-refractivity contribution < 1.29 is 28.2 Å². The zero-order chi connectivity index (χ0) is 16.2. The highest BCUT2D eigenvalue weighted by Gasteiger charge is 2.40. The van der Waals surface area contributed by atoms with Gasteiger partial charge in [0.05, 0.1) is 12.3 Å². The fraction of sp³-hybridized carbons (Fsp3) is 0.857. The van der Waals surface area contributed by atoms with Crippen molar-refractivity contribution in [2.24, 2.45) is 5.92 Å². The number of halogens is 2. The van der Waals surface area contributed by atoms with E-state index in [1.807, 2.05) is 0 Å². The lowest BCUT2D eigenvalue weighted by Gasteiger charge is -2.40. The number of carboxylic acid groups (broad SMARTS) is 1. The molecule has 1 fully saturated rings. The maximum Gasteiger partial charge on any atom is 0.410 e. The molecule has 21 heavy (non-hydrogen) atoms. The summed E-state index contributed by atoms with van der Waals surface area (Å²) in [6, 6.07) is -0.787. The molecule has 1 rings (SSSR count). The number of carboxylic acids is 1. The SMILES string of the molecule is CC(C)(C)OC(=O)N1CCCCC1C(CC(=O)O)C(F)F. The van der Waals surface area contributed by atoms with Gasteiger partial charge in [0.25, 0.3) is 0 Å². The van der Waals surface area contributed by atoms with Crippen LogP contribution in [0.5, 0.6) is 0 Å². The first-order valence-corrected chi connectivity index (χ1v) is 7.11. The Labute approximate surface area is 123 Å². The zero-order valence-corrected chi connectivity index (χ0v) is 12.6. The average Bonchev–Trinajstić information content (AvgIpc) is 2.33. The quantitative estimate of drug-likeness (QED) is 0.866. The predicted molar refractivity (Wildman–Crippen MR) is 72.3 cm³/mol. The first-order chi connectivity index (χ1) is 9.61. The lowest BCUT2D eigenvalue weighted by atomic mass is 9.88. The molecule has 1 N–H and O–H groups in total. The summed E-state index contributed by atoms with van der Waals surface area (Å²) in [5, 5.41) is 8.81. The number of likely N-dealkylation sites (tertiary alicyclic amines) is 1. The van der Waals surface area contributed by atoms with Crippen LogP contribution in [0.25, 0.3) is 0 Å². The van der Waals surface area contributed by atoms with Crippen molar-refractivity contribution in [3.05, 3.63) is 0 Å². The van der Waals surface area contributed by atoms with Crippen LogP contribution in [0, 0.1) is 5.92 Å². The second-order valence-electron chi connectivity index (χ2n) is 6.33. The summed E-state index contributed by atoms with van der Waals surface area (Å²) in [5.41, 5.74) is -0.716. The molecule has 0 aromatic heterocycles. The minimum Gasteiger partial charge on any atom is -0.481 e. The van der Waals surface area contributed by atoms with Crippen LogP contribution >= 0.6 is 0 Å². The van der Waals surface area contributed by atoms with Gasteiger partial charge in [-0.25, -0.2) is 13.6 Å². The van der Waals surface area contributed by atoms with E-state index in [0.29, 0.717) is 25.8 Å². The first-order valence-electron chi connectivity index (χ1n) is 7.11. The molecule has 0 radical (unpaired) electrons. The summed E-state index contributed by atoms with van der Waals surface area (Å²) < 4.78 is 31.6. The van der Waals surface area contributed by atoms with Gasteiger partial charge >= 0.3 is 12.1 Å². The molecule has 1 heterocycles. The molecule has 122 valence electrons. The van der Waals surface area contributed by atoms with Crippen LogP contribution in [0.3, 0.4) is 0 Å². The Bertz CT molecular complexity index is 382. The third-order valence-electron chi connectivity index (χ3n) is 3.41. The second-order valence-corrected chi connectivity index (χ2v) is 6.33. The first kappa shape index (κ1) is 17.7. The maximum atomic E-state index is 13.2. The van der Waals surface area contributed by atoms with E-state index in [-0.39, 0.29) is 0 Å². The smallest absolute Gasteiger partial charge is 0.410 e. The Balaban J connectivity index is 2.88. The number of hydrogen-bond acceptors (Lipinski definition) is 3. The number of amides is 1. The highest BCUT2D eigenvalue weighted by atomic mass is 19.3. The number of hydrogen-bond donors (Lipinski definition) is 1. The van der Waals surface area contributed by atoms with E-state index < -0.39 is 42.5 Å². The summed E-state index contributed by atoms with van der Waals surface area (Å²) >= 11 is 0. The second kappa shape index (κ2) is 7.04.